The largest absolute Gasteiger partial charge is 0.505 e. The van der Waals surface area contributed by atoms with E-state index in [0.29, 0.717) is 6.42 Å². The van der Waals surface area contributed by atoms with Gasteiger partial charge in [0, 0.05) is 6.04 Å². The lowest BCUT2D eigenvalue weighted by Crippen LogP contribution is -2.32. The van der Waals surface area contributed by atoms with Gasteiger partial charge in [-0.05, 0) is 25.5 Å². The molecule has 4 nitrogen and oxygen atoms in total. The fraction of sp³-hybridized carbons (Fsp3) is 0.250. The zero-order valence-electron chi connectivity index (χ0n) is 9.23. The minimum absolute atomic E-state index is 0.0224. The summed E-state index contributed by atoms with van der Waals surface area (Å²) in [5, 5.41) is 12.3. The van der Waals surface area contributed by atoms with Crippen LogP contribution in [0, 0.1) is 0 Å². The maximum Gasteiger partial charge on any atom is 0.255 e. The smallest absolute Gasteiger partial charge is 0.255 e. The number of nitrogens with two attached hydrogens (primary N) is 1. The predicted octanol–water partition coefficient (Wildman–Crippen LogP) is 1.67. The Balaban J connectivity index is 2.81. The number of carbonyl (C=O) groups is 1. The molecule has 0 aromatic heterocycles. The summed E-state index contributed by atoms with van der Waals surface area (Å²) in [5.74, 6) is -0.509. The van der Waals surface area contributed by atoms with Crippen molar-refractivity contribution in [3.63, 3.8) is 0 Å². The third-order valence-corrected chi connectivity index (χ3v) is 2.21. The third-order valence-electron chi connectivity index (χ3n) is 2.21. The second kappa shape index (κ2) is 5.21. The Morgan fingerprint density at radius 2 is 2.38 bits per heavy atom. The number of anilines is 1. The molecule has 0 saturated carbocycles. The van der Waals surface area contributed by atoms with E-state index in [1.165, 1.54) is 6.07 Å². The molecule has 4 heteroatoms. The van der Waals surface area contributed by atoms with Crippen molar-refractivity contribution < 1.29 is 9.90 Å². The van der Waals surface area contributed by atoms with Crippen LogP contribution in [0.25, 0.3) is 0 Å². The summed E-state index contributed by atoms with van der Waals surface area (Å²) in [6.07, 6.45) is 2.40. The maximum atomic E-state index is 11.7. The Morgan fingerprint density at radius 1 is 1.69 bits per heavy atom. The average molecular weight is 220 g/mol. The Labute approximate surface area is 94.8 Å². The van der Waals surface area contributed by atoms with E-state index < -0.39 is 0 Å². The van der Waals surface area contributed by atoms with Crippen LogP contribution >= 0.6 is 0 Å². The molecular formula is C12H16N2O2. The summed E-state index contributed by atoms with van der Waals surface area (Å²) in [5.41, 5.74) is 5.89. The number of nitrogens with one attached hydrogen (secondary N) is 1. The van der Waals surface area contributed by atoms with E-state index in [4.69, 9.17) is 5.73 Å². The molecule has 0 radical (unpaired) electrons. The van der Waals surface area contributed by atoms with Gasteiger partial charge in [0.1, 0.15) is 0 Å². The molecule has 16 heavy (non-hydrogen) atoms. The van der Waals surface area contributed by atoms with E-state index in [0.717, 1.165) is 0 Å². The SMILES string of the molecule is C=CCC(C)NC(=O)c1cccc(N)c1O. The highest BCUT2D eigenvalue weighted by molar-refractivity contribution is 5.98. The lowest BCUT2D eigenvalue weighted by molar-refractivity contribution is 0.0938. The number of benzene rings is 1. The molecule has 1 aromatic rings. The Morgan fingerprint density at radius 3 is 3.00 bits per heavy atom. The average Bonchev–Trinajstić information content (AvgIpc) is 2.22. The van der Waals surface area contributed by atoms with Crippen LogP contribution in [0.1, 0.15) is 23.7 Å². The first-order chi connectivity index (χ1) is 7.56. The lowest BCUT2D eigenvalue weighted by Gasteiger charge is -2.12. The van der Waals surface area contributed by atoms with Crippen molar-refractivity contribution >= 4 is 11.6 Å². The first kappa shape index (κ1) is 12.1. The summed E-state index contributed by atoms with van der Waals surface area (Å²) in [6.45, 7) is 5.46. The predicted molar refractivity (Wildman–Crippen MR) is 64.3 cm³/mol. The standard InChI is InChI=1S/C12H16N2O2/c1-3-5-8(2)14-12(16)9-6-4-7-10(13)11(9)15/h3-4,6-8,15H,1,5,13H2,2H3,(H,14,16). The van der Waals surface area contributed by atoms with Gasteiger partial charge in [0.15, 0.2) is 5.75 Å². The quantitative estimate of drug-likeness (QED) is 0.410. The third kappa shape index (κ3) is 2.76. The number of phenols is 1. The van der Waals surface area contributed by atoms with E-state index in [1.54, 1.807) is 18.2 Å². The van der Waals surface area contributed by atoms with Crippen molar-refractivity contribution in [3.8, 4) is 5.75 Å². The maximum absolute atomic E-state index is 11.7. The number of hydrogen-bond donors (Lipinski definition) is 3. The van der Waals surface area contributed by atoms with Crippen LogP contribution in [0.4, 0.5) is 5.69 Å². The van der Waals surface area contributed by atoms with Crippen LogP contribution in [0.2, 0.25) is 0 Å². The molecule has 0 heterocycles. The molecule has 1 atom stereocenters. The van der Waals surface area contributed by atoms with Gasteiger partial charge in [0.25, 0.3) is 5.91 Å². The highest BCUT2D eigenvalue weighted by Gasteiger charge is 2.14. The van der Waals surface area contributed by atoms with Gasteiger partial charge in [-0.25, -0.2) is 0 Å². The fourth-order valence-corrected chi connectivity index (χ4v) is 1.36. The zero-order chi connectivity index (χ0) is 12.1. The minimum Gasteiger partial charge on any atom is -0.505 e. The normalized spacial score (nSPS) is 11.8. The number of para-hydroxylation sites is 1. The lowest BCUT2D eigenvalue weighted by atomic mass is 10.1. The molecule has 0 fully saturated rings. The van der Waals surface area contributed by atoms with Crippen molar-refractivity contribution in [2.75, 3.05) is 5.73 Å². The molecule has 86 valence electrons. The number of rotatable bonds is 4. The number of aromatic hydroxyl groups is 1. The molecule has 0 aliphatic carbocycles. The van der Waals surface area contributed by atoms with Crippen LogP contribution in [0.5, 0.6) is 5.75 Å². The fourth-order valence-electron chi connectivity index (χ4n) is 1.36. The highest BCUT2D eigenvalue weighted by atomic mass is 16.3. The summed E-state index contributed by atoms with van der Waals surface area (Å²) in [6, 6.07) is 4.68. The molecule has 4 N–H and O–H groups in total. The minimum atomic E-state index is -0.334. The Kier molecular flexibility index (Phi) is 3.94. The van der Waals surface area contributed by atoms with Crippen LogP contribution in [0.15, 0.2) is 30.9 Å². The summed E-state index contributed by atoms with van der Waals surface area (Å²) in [4.78, 5) is 11.7. The van der Waals surface area contributed by atoms with Gasteiger partial charge >= 0.3 is 0 Å². The molecule has 1 amide bonds. The van der Waals surface area contributed by atoms with Crippen LogP contribution < -0.4 is 11.1 Å². The van der Waals surface area contributed by atoms with E-state index >= 15 is 0 Å². The van der Waals surface area contributed by atoms with Crippen molar-refractivity contribution in [2.24, 2.45) is 0 Å². The topological polar surface area (TPSA) is 75.4 Å². The first-order valence-corrected chi connectivity index (χ1v) is 5.05. The van der Waals surface area contributed by atoms with Crippen LogP contribution in [-0.4, -0.2) is 17.1 Å². The molecule has 1 rings (SSSR count). The number of amides is 1. The van der Waals surface area contributed by atoms with Gasteiger partial charge in [-0.3, -0.25) is 4.79 Å². The molecular weight excluding hydrogens is 204 g/mol. The molecule has 0 saturated heterocycles. The molecule has 0 bridgehead atoms. The van der Waals surface area contributed by atoms with Crippen molar-refractivity contribution in [2.45, 2.75) is 19.4 Å². The zero-order valence-corrected chi connectivity index (χ0v) is 9.23. The van der Waals surface area contributed by atoms with E-state index in [9.17, 15) is 9.90 Å². The summed E-state index contributed by atoms with van der Waals surface area (Å²) < 4.78 is 0. The number of hydrogen-bond acceptors (Lipinski definition) is 3. The van der Waals surface area contributed by atoms with Crippen molar-refractivity contribution in [1.29, 1.82) is 0 Å². The monoisotopic (exact) mass is 220 g/mol. The van der Waals surface area contributed by atoms with E-state index in [-0.39, 0.29) is 28.9 Å². The Hall–Kier alpha value is -1.97. The van der Waals surface area contributed by atoms with Gasteiger partial charge in [-0.15, -0.1) is 6.58 Å². The molecule has 0 spiro atoms. The van der Waals surface area contributed by atoms with Gasteiger partial charge in [0.2, 0.25) is 0 Å². The Bertz CT molecular complexity index is 402. The molecule has 0 aliphatic heterocycles. The molecule has 1 aromatic carbocycles. The van der Waals surface area contributed by atoms with Crippen molar-refractivity contribution in [1.82, 2.24) is 5.32 Å². The van der Waals surface area contributed by atoms with E-state index in [1.807, 2.05) is 6.92 Å². The summed E-state index contributed by atoms with van der Waals surface area (Å²) >= 11 is 0. The number of carbonyl (C=O) groups excluding carboxylic acids is 1. The number of phenolic OH excluding ortho intramolecular Hbond substituents is 1. The number of nitrogen functional groups attached to an aromatic ring is 1. The second-order valence-corrected chi connectivity index (χ2v) is 3.64. The summed E-state index contributed by atoms with van der Waals surface area (Å²) in [7, 11) is 0. The molecule has 0 aliphatic rings. The van der Waals surface area contributed by atoms with E-state index in [2.05, 4.69) is 11.9 Å². The van der Waals surface area contributed by atoms with Crippen molar-refractivity contribution in [3.05, 3.63) is 36.4 Å². The first-order valence-electron chi connectivity index (χ1n) is 5.05. The van der Waals surface area contributed by atoms with Gasteiger partial charge in [0.05, 0.1) is 11.3 Å². The van der Waals surface area contributed by atoms with Gasteiger partial charge in [-0.2, -0.15) is 0 Å². The van der Waals surface area contributed by atoms with Gasteiger partial charge < -0.3 is 16.2 Å². The second-order valence-electron chi connectivity index (χ2n) is 3.64. The van der Waals surface area contributed by atoms with Crippen LogP contribution in [-0.2, 0) is 0 Å². The highest BCUT2D eigenvalue weighted by Crippen LogP contribution is 2.24. The van der Waals surface area contributed by atoms with Crippen LogP contribution in [0.3, 0.4) is 0 Å². The van der Waals surface area contributed by atoms with Gasteiger partial charge in [-0.1, -0.05) is 12.1 Å². The molecule has 1 unspecified atom stereocenters.